The Bertz CT molecular complexity index is 553. The number of aromatic nitrogens is 2. The number of rotatable bonds is 5. The molecule has 102 valence electrons. The summed E-state index contributed by atoms with van der Waals surface area (Å²) < 4.78 is 8.28. The molecule has 1 atom stereocenters. The van der Waals surface area contributed by atoms with Crippen LogP contribution in [0.2, 0.25) is 0 Å². The van der Waals surface area contributed by atoms with Crippen LogP contribution in [0.25, 0.3) is 0 Å². The van der Waals surface area contributed by atoms with Crippen molar-refractivity contribution in [2.45, 2.75) is 19.9 Å². The van der Waals surface area contributed by atoms with Crippen LogP contribution in [0.4, 0.5) is 11.6 Å². The van der Waals surface area contributed by atoms with Crippen molar-refractivity contribution in [1.82, 2.24) is 9.55 Å². The molecular formula is C14H18BrN3O. The van der Waals surface area contributed by atoms with Crippen molar-refractivity contribution in [2.24, 2.45) is 0 Å². The normalized spacial score (nSPS) is 12.4. The molecule has 2 rings (SSSR count). The second-order valence-electron chi connectivity index (χ2n) is 4.57. The number of methoxy groups -OCH3 is 1. The van der Waals surface area contributed by atoms with Crippen molar-refractivity contribution < 1.29 is 4.74 Å². The zero-order valence-corrected chi connectivity index (χ0v) is 12.9. The van der Waals surface area contributed by atoms with Crippen LogP contribution < -0.4 is 5.32 Å². The SMILES string of the molecule is COCC(C)n1ccnc1Nc1cc(C)ccc1Br. The van der Waals surface area contributed by atoms with Crippen molar-refractivity contribution in [3.05, 3.63) is 40.6 Å². The van der Waals surface area contributed by atoms with Crippen molar-refractivity contribution >= 4 is 27.6 Å². The number of nitrogens with zero attached hydrogens (tertiary/aromatic N) is 2. The zero-order chi connectivity index (χ0) is 13.8. The summed E-state index contributed by atoms with van der Waals surface area (Å²) in [5.41, 5.74) is 2.21. The minimum absolute atomic E-state index is 0.235. The maximum absolute atomic E-state index is 5.19. The van der Waals surface area contributed by atoms with Crippen molar-refractivity contribution in [2.75, 3.05) is 19.0 Å². The van der Waals surface area contributed by atoms with E-state index in [1.807, 2.05) is 12.3 Å². The highest BCUT2D eigenvalue weighted by Gasteiger charge is 2.11. The quantitative estimate of drug-likeness (QED) is 0.906. The summed E-state index contributed by atoms with van der Waals surface area (Å²) in [6.07, 6.45) is 3.74. The van der Waals surface area contributed by atoms with Gasteiger partial charge in [0.2, 0.25) is 5.95 Å². The molecule has 5 heteroatoms. The van der Waals surface area contributed by atoms with E-state index in [0.29, 0.717) is 6.61 Å². The standard InChI is InChI=1S/C14H18BrN3O/c1-10-4-5-12(15)13(8-10)17-14-16-6-7-18(14)11(2)9-19-3/h4-8,11H,9H2,1-3H3,(H,16,17). The number of imidazole rings is 1. The Morgan fingerprint density at radius 3 is 3.00 bits per heavy atom. The second-order valence-corrected chi connectivity index (χ2v) is 5.43. The first-order valence-corrected chi connectivity index (χ1v) is 6.96. The first-order valence-electron chi connectivity index (χ1n) is 6.16. The lowest BCUT2D eigenvalue weighted by atomic mass is 10.2. The summed E-state index contributed by atoms with van der Waals surface area (Å²) in [6.45, 7) is 4.82. The highest BCUT2D eigenvalue weighted by Crippen LogP contribution is 2.27. The van der Waals surface area contributed by atoms with Gasteiger partial charge in [0, 0.05) is 24.0 Å². The van der Waals surface area contributed by atoms with Gasteiger partial charge in [-0.1, -0.05) is 6.07 Å². The lowest BCUT2D eigenvalue weighted by Gasteiger charge is -2.17. The van der Waals surface area contributed by atoms with E-state index >= 15 is 0 Å². The number of ether oxygens (including phenoxy) is 1. The number of halogens is 1. The summed E-state index contributed by atoms with van der Waals surface area (Å²) in [5, 5.41) is 3.35. The number of anilines is 2. The first kappa shape index (κ1) is 14.1. The molecule has 1 aromatic carbocycles. The minimum Gasteiger partial charge on any atom is -0.383 e. The van der Waals surface area contributed by atoms with E-state index in [-0.39, 0.29) is 6.04 Å². The van der Waals surface area contributed by atoms with Gasteiger partial charge in [-0.3, -0.25) is 0 Å². The predicted molar refractivity (Wildman–Crippen MR) is 81.0 cm³/mol. The van der Waals surface area contributed by atoms with E-state index in [1.54, 1.807) is 13.3 Å². The summed E-state index contributed by atoms with van der Waals surface area (Å²) >= 11 is 3.54. The molecule has 4 nitrogen and oxygen atoms in total. The second kappa shape index (κ2) is 6.21. The molecule has 1 heterocycles. The Morgan fingerprint density at radius 2 is 2.26 bits per heavy atom. The Labute approximate surface area is 121 Å². The molecule has 0 saturated carbocycles. The van der Waals surface area contributed by atoms with Crippen LogP contribution in [0.3, 0.4) is 0 Å². The maximum atomic E-state index is 5.19. The first-order chi connectivity index (χ1) is 9.11. The molecule has 1 N–H and O–H groups in total. The molecule has 2 aromatic rings. The molecule has 0 aliphatic heterocycles. The fourth-order valence-electron chi connectivity index (χ4n) is 1.94. The zero-order valence-electron chi connectivity index (χ0n) is 11.4. The topological polar surface area (TPSA) is 39.1 Å². The molecule has 0 bridgehead atoms. The third-order valence-corrected chi connectivity index (χ3v) is 3.61. The average Bonchev–Trinajstić information content (AvgIpc) is 2.82. The number of benzene rings is 1. The van der Waals surface area contributed by atoms with Gasteiger partial charge in [0.15, 0.2) is 0 Å². The molecule has 0 aliphatic rings. The van der Waals surface area contributed by atoms with Crippen LogP contribution in [-0.4, -0.2) is 23.3 Å². The van der Waals surface area contributed by atoms with E-state index in [2.05, 4.69) is 56.8 Å². The highest BCUT2D eigenvalue weighted by atomic mass is 79.9. The Balaban J connectivity index is 2.24. The van der Waals surface area contributed by atoms with Gasteiger partial charge in [0.25, 0.3) is 0 Å². The van der Waals surface area contributed by atoms with Gasteiger partial charge in [-0.25, -0.2) is 4.98 Å². The third-order valence-electron chi connectivity index (χ3n) is 2.92. The van der Waals surface area contributed by atoms with Gasteiger partial charge in [-0.2, -0.15) is 0 Å². The molecular weight excluding hydrogens is 306 g/mol. The summed E-state index contributed by atoms with van der Waals surface area (Å²) in [6, 6.07) is 6.42. The fraction of sp³-hybridized carbons (Fsp3) is 0.357. The van der Waals surface area contributed by atoms with E-state index in [1.165, 1.54) is 5.56 Å². The van der Waals surface area contributed by atoms with Gasteiger partial charge in [0.1, 0.15) is 0 Å². The Hall–Kier alpha value is -1.33. The van der Waals surface area contributed by atoms with Gasteiger partial charge in [0.05, 0.1) is 18.3 Å². The highest BCUT2D eigenvalue weighted by molar-refractivity contribution is 9.10. The summed E-state index contributed by atoms with van der Waals surface area (Å²) in [5.74, 6) is 0.816. The van der Waals surface area contributed by atoms with Crippen LogP contribution in [-0.2, 0) is 4.74 Å². The van der Waals surface area contributed by atoms with Gasteiger partial charge < -0.3 is 14.6 Å². The van der Waals surface area contributed by atoms with Gasteiger partial charge >= 0.3 is 0 Å². The summed E-state index contributed by atoms with van der Waals surface area (Å²) in [7, 11) is 1.71. The minimum atomic E-state index is 0.235. The molecule has 0 spiro atoms. The molecule has 0 radical (unpaired) electrons. The lowest BCUT2D eigenvalue weighted by Crippen LogP contribution is -2.12. The van der Waals surface area contributed by atoms with E-state index in [9.17, 15) is 0 Å². The van der Waals surface area contributed by atoms with Crippen LogP contribution in [0, 0.1) is 6.92 Å². The predicted octanol–water partition coefficient (Wildman–Crippen LogP) is 3.91. The van der Waals surface area contributed by atoms with Gasteiger partial charge in [-0.05, 0) is 47.5 Å². The number of nitrogens with one attached hydrogen (secondary N) is 1. The van der Waals surface area contributed by atoms with Crippen molar-refractivity contribution in [1.29, 1.82) is 0 Å². The summed E-state index contributed by atoms with van der Waals surface area (Å²) in [4.78, 5) is 4.36. The van der Waals surface area contributed by atoms with Crippen molar-refractivity contribution in [3.8, 4) is 0 Å². The van der Waals surface area contributed by atoms with E-state index < -0.39 is 0 Å². The fourth-order valence-corrected chi connectivity index (χ4v) is 2.29. The lowest BCUT2D eigenvalue weighted by molar-refractivity contribution is 0.163. The van der Waals surface area contributed by atoms with Crippen LogP contribution in [0.15, 0.2) is 35.1 Å². The van der Waals surface area contributed by atoms with Crippen molar-refractivity contribution in [3.63, 3.8) is 0 Å². The Kier molecular flexibility index (Phi) is 4.61. The molecule has 1 aromatic heterocycles. The monoisotopic (exact) mass is 323 g/mol. The molecule has 0 aliphatic carbocycles. The number of hydrogen-bond donors (Lipinski definition) is 1. The average molecular weight is 324 g/mol. The molecule has 0 fully saturated rings. The van der Waals surface area contributed by atoms with Crippen LogP contribution in [0.1, 0.15) is 18.5 Å². The van der Waals surface area contributed by atoms with Crippen LogP contribution in [0.5, 0.6) is 0 Å². The third kappa shape index (κ3) is 3.36. The van der Waals surface area contributed by atoms with Gasteiger partial charge in [-0.15, -0.1) is 0 Å². The largest absolute Gasteiger partial charge is 0.383 e. The number of hydrogen-bond acceptors (Lipinski definition) is 3. The molecule has 0 saturated heterocycles. The smallest absolute Gasteiger partial charge is 0.207 e. The van der Waals surface area contributed by atoms with Crippen LogP contribution >= 0.6 is 15.9 Å². The maximum Gasteiger partial charge on any atom is 0.207 e. The molecule has 0 amide bonds. The Morgan fingerprint density at radius 1 is 1.47 bits per heavy atom. The van der Waals surface area contributed by atoms with E-state index in [0.717, 1.165) is 16.1 Å². The molecule has 1 unspecified atom stereocenters. The number of aryl methyl sites for hydroxylation is 1. The molecule has 19 heavy (non-hydrogen) atoms. The van der Waals surface area contributed by atoms with E-state index in [4.69, 9.17) is 4.74 Å².